The second-order valence-electron chi connectivity index (χ2n) is 9.02. The number of pyridine rings is 1. The Balaban J connectivity index is 1.63. The van der Waals surface area contributed by atoms with Crippen LogP contribution in [0.4, 0.5) is 5.82 Å². The number of halogens is 2. The molecule has 3 heterocycles. The van der Waals surface area contributed by atoms with Crippen molar-refractivity contribution in [2.75, 3.05) is 16.6 Å². The first-order chi connectivity index (χ1) is 17.8. The minimum absolute atomic E-state index is 0.0816. The van der Waals surface area contributed by atoms with Crippen LogP contribution in [0.15, 0.2) is 85.6 Å². The average Bonchev–Trinajstić information content (AvgIpc) is 3.20. The van der Waals surface area contributed by atoms with E-state index in [1.165, 1.54) is 4.31 Å². The van der Waals surface area contributed by atoms with Crippen LogP contribution >= 0.6 is 23.2 Å². The fourth-order valence-corrected chi connectivity index (χ4v) is 7.06. The highest BCUT2D eigenvalue weighted by Gasteiger charge is 2.50. The van der Waals surface area contributed by atoms with E-state index in [9.17, 15) is 13.2 Å². The summed E-state index contributed by atoms with van der Waals surface area (Å²) in [4.78, 5) is 19.8. The van der Waals surface area contributed by atoms with Crippen molar-refractivity contribution in [1.29, 1.82) is 0 Å². The van der Waals surface area contributed by atoms with Crippen LogP contribution in [0.3, 0.4) is 0 Å². The average molecular weight is 558 g/mol. The molecular formula is C27H25Cl2N3O4S. The summed E-state index contributed by atoms with van der Waals surface area (Å²) in [5.74, 6) is -0.202. The summed E-state index contributed by atoms with van der Waals surface area (Å²) in [6.07, 6.45) is 2.03. The number of hydrogen-bond donors (Lipinski definition) is 0. The molecule has 0 aliphatic carbocycles. The van der Waals surface area contributed by atoms with Gasteiger partial charge in [-0.05, 0) is 47.5 Å². The molecule has 2 aliphatic rings. The van der Waals surface area contributed by atoms with Crippen molar-refractivity contribution in [1.82, 2.24) is 9.88 Å². The highest BCUT2D eigenvalue weighted by Crippen LogP contribution is 2.45. The molecule has 1 amide bonds. The first-order valence-corrected chi connectivity index (χ1v) is 14.2. The lowest BCUT2D eigenvalue weighted by Gasteiger charge is -2.47. The molecule has 192 valence electrons. The van der Waals surface area contributed by atoms with Gasteiger partial charge in [-0.2, -0.15) is 0 Å². The Kier molecular flexibility index (Phi) is 7.27. The quantitative estimate of drug-likeness (QED) is 0.389. The van der Waals surface area contributed by atoms with E-state index >= 15 is 0 Å². The smallest absolute Gasteiger partial charge is 0.253 e. The van der Waals surface area contributed by atoms with E-state index in [2.05, 4.69) is 11.6 Å². The minimum atomic E-state index is -3.72. The first kappa shape index (κ1) is 25.7. The van der Waals surface area contributed by atoms with Gasteiger partial charge >= 0.3 is 0 Å². The summed E-state index contributed by atoms with van der Waals surface area (Å²) in [6.45, 7) is 3.87. The van der Waals surface area contributed by atoms with Gasteiger partial charge in [0.25, 0.3) is 5.91 Å². The Bertz CT molecular complexity index is 1400. The monoisotopic (exact) mass is 557 g/mol. The maximum atomic E-state index is 13.9. The van der Waals surface area contributed by atoms with Crippen LogP contribution in [-0.4, -0.2) is 48.7 Å². The van der Waals surface area contributed by atoms with Crippen LogP contribution in [0.2, 0.25) is 10.0 Å². The van der Waals surface area contributed by atoms with Crippen LogP contribution in [-0.2, 0) is 19.6 Å². The van der Waals surface area contributed by atoms with Gasteiger partial charge in [0.15, 0.2) is 0 Å². The van der Waals surface area contributed by atoms with Crippen LogP contribution in [0.5, 0.6) is 0 Å². The molecule has 2 saturated heterocycles. The Morgan fingerprint density at radius 2 is 1.81 bits per heavy atom. The predicted octanol–water partition coefficient (Wildman–Crippen LogP) is 5.19. The number of carbonyl (C=O) groups excluding carboxylic acids is 1. The molecule has 0 saturated carbocycles. The second-order valence-corrected chi connectivity index (χ2v) is 11.8. The van der Waals surface area contributed by atoms with Gasteiger partial charge in [-0.25, -0.2) is 13.4 Å². The first-order valence-electron chi connectivity index (χ1n) is 11.8. The van der Waals surface area contributed by atoms with Gasteiger partial charge in [-0.15, -0.1) is 6.58 Å². The molecule has 3 aromatic rings. The summed E-state index contributed by atoms with van der Waals surface area (Å²) >= 11 is 12.5. The lowest BCUT2D eigenvalue weighted by Crippen LogP contribution is -2.56. The molecule has 7 nitrogen and oxygen atoms in total. The molecule has 4 atom stereocenters. The molecule has 0 N–H and O–H groups in total. The highest BCUT2D eigenvalue weighted by molar-refractivity contribution is 7.93. The lowest BCUT2D eigenvalue weighted by atomic mass is 9.90. The summed E-state index contributed by atoms with van der Waals surface area (Å²) in [6, 6.07) is 18.3. The van der Waals surface area contributed by atoms with Crippen LogP contribution in [0.25, 0.3) is 0 Å². The van der Waals surface area contributed by atoms with Crippen molar-refractivity contribution < 1.29 is 17.9 Å². The number of aromatic nitrogens is 1. The standard InChI is InChI=1S/C27H25Cl2N3O4S/c1-2-6-23-27(33)32(22-16-31(37(34,35)17-22)24-9-3-4-14-30-24)25(18-10-12-20(28)13-11-18)26(36-23)19-7-5-8-21(29)15-19/h2-5,7-15,22-23,25-26H,1,6,16-17H2/t22-,23-,25-,26-/m1/s1. The zero-order chi connectivity index (χ0) is 26.2. The third kappa shape index (κ3) is 5.11. The predicted molar refractivity (Wildman–Crippen MR) is 144 cm³/mol. The van der Waals surface area contributed by atoms with Crippen LogP contribution < -0.4 is 4.31 Å². The van der Waals surface area contributed by atoms with Gasteiger partial charge in [-0.3, -0.25) is 9.10 Å². The number of morpholine rings is 1. The summed E-state index contributed by atoms with van der Waals surface area (Å²) in [5.41, 5.74) is 1.55. The number of sulfonamides is 1. The molecule has 1 aromatic heterocycles. The summed E-state index contributed by atoms with van der Waals surface area (Å²) in [5, 5.41) is 1.08. The summed E-state index contributed by atoms with van der Waals surface area (Å²) < 4.78 is 34.2. The Labute approximate surface area is 226 Å². The van der Waals surface area contributed by atoms with Crippen molar-refractivity contribution in [3.05, 3.63) is 107 Å². The van der Waals surface area contributed by atoms with Gasteiger partial charge in [0.2, 0.25) is 10.0 Å². The van der Waals surface area contributed by atoms with Gasteiger partial charge < -0.3 is 9.64 Å². The molecule has 2 fully saturated rings. The molecule has 2 aromatic carbocycles. The molecule has 2 aliphatic heterocycles. The summed E-state index contributed by atoms with van der Waals surface area (Å²) in [7, 11) is -3.72. The number of hydrogen-bond acceptors (Lipinski definition) is 5. The molecule has 0 radical (unpaired) electrons. The molecule has 0 bridgehead atoms. The van der Waals surface area contributed by atoms with E-state index in [4.69, 9.17) is 27.9 Å². The van der Waals surface area contributed by atoms with Gasteiger partial charge in [0.05, 0.1) is 24.4 Å². The Morgan fingerprint density at radius 1 is 1.03 bits per heavy atom. The highest BCUT2D eigenvalue weighted by atomic mass is 35.5. The Hall–Kier alpha value is -2.91. The third-order valence-electron chi connectivity index (χ3n) is 6.61. The number of amides is 1. The number of carbonyl (C=O) groups is 1. The topological polar surface area (TPSA) is 79.8 Å². The normalized spacial score (nSPS) is 25.3. The number of ether oxygens (including phenoxy) is 1. The third-order valence-corrected chi connectivity index (χ3v) is 8.91. The molecule has 0 unspecified atom stereocenters. The molecule has 5 rings (SSSR count). The number of nitrogens with zero attached hydrogens (tertiary/aromatic N) is 3. The molecule has 10 heteroatoms. The van der Waals surface area contributed by atoms with E-state index in [0.29, 0.717) is 15.9 Å². The second kappa shape index (κ2) is 10.5. The number of benzene rings is 2. The number of rotatable bonds is 6. The lowest BCUT2D eigenvalue weighted by molar-refractivity contribution is -0.177. The Morgan fingerprint density at radius 3 is 2.49 bits per heavy atom. The van der Waals surface area contributed by atoms with Crippen molar-refractivity contribution >= 4 is 45.0 Å². The molecule has 0 spiro atoms. The van der Waals surface area contributed by atoms with E-state index in [-0.39, 0.29) is 24.6 Å². The SMILES string of the molecule is C=CC[C@H]1O[C@H](c2cccc(Cl)c2)[C@@H](c2ccc(Cl)cc2)N([C@@H]2CN(c3ccccn3)S(=O)(=O)C2)C1=O. The van der Waals surface area contributed by atoms with Gasteiger partial charge in [0, 0.05) is 22.7 Å². The van der Waals surface area contributed by atoms with Crippen molar-refractivity contribution in [3.8, 4) is 0 Å². The zero-order valence-corrected chi connectivity index (χ0v) is 22.1. The van der Waals surface area contributed by atoms with Crippen LogP contribution in [0, 0.1) is 0 Å². The maximum absolute atomic E-state index is 13.9. The minimum Gasteiger partial charge on any atom is -0.358 e. The van der Waals surface area contributed by atoms with Crippen molar-refractivity contribution in [3.63, 3.8) is 0 Å². The van der Waals surface area contributed by atoms with E-state index in [1.54, 1.807) is 59.6 Å². The van der Waals surface area contributed by atoms with Crippen LogP contribution in [0.1, 0.15) is 29.7 Å². The van der Waals surface area contributed by atoms with E-state index < -0.39 is 34.3 Å². The largest absolute Gasteiger partial charge is 0.358 e. The number of anilines is 1. The fourth-order valence-electron chi connectivity index (χ4n) is 5.01. The molecule has 37 heavy (non-hydrogen) atoms. The van der Waals surface area contributed by atoms with Crippen molar-refractivity contribution in [2.24, 2.45) is 0 Å². The van der Waals surface area contributed by atoms with Gasteiger partial charge in [0.1, 0.15) is 18.0 Å². The van der Waals surface area contributed by atoms with E-state index in [0.717, 1.165) is 11.1 Å². The van der Waals surface area contributed by atoms with E-state index in [1.807, 2.05) is 24.3 Å². The maximum Gasteiger partial charge on any atom is 0.253 e. The zero-order valence-electron chi connectivity index (χ0n) is 19.8. The van der Waals surface area contributed by atoms with Crippen molar-refractivity contribution in [2.45, 2.75) is 30.7 Å². The van der Waals surface area contributed by atoms with Gasteiger partial charge in [-0.1, -0.05) is 59.6 Å². The molecular weight excluding hydrogens is 533 g/mol. The fraction of sp³-hybridized carbons (Fsp3) is 0.259.